The van der Waals surface area contributed by atoms with Crippen LogP contribution < -0.4 is 0 Å². The Morgan fingerprint density at radius 2 is 1.51 bits per heavy atom. The third kappa shape index (κ3) is 10.6. The molecule has 0 aromatic rings. The van der Waals surface area contributed by atoms with Crippen molar-refractivity contribution in [2.24, 2.45) is 23.7 Å². The summed E-state index contributed by atoms with van der Waals surface area (Å²) in [6.07, 6.45) is -9.68. The van der Waals surface area contributed by atoms with Gasteiger partial charge in [-0.15, -0.1) is 0 Å². The maximum atomic E-state index is 14.2. The molecule has 3 aliphatic rings. The van der Waals surface area contributed by atoms with E-state index in [-0.39, 0.29) is 37.8 Å². The van der Waals surface area contributed by atoms with Gasteiger partial charge in [-0.2, -0.15) is 0 Å². The quantitative estimate of drug-likeness (QED) is 0.249. The van der Waals surface area contributed by atoms with Gasteiger partial charge in [0.2, 0.25) is 0 Å². The molecule has 15 heteroatoms. The Morgan fingerprint density at radius 1 is 0.891 bits per heavy atom. The lowest BCUT2D eigenvalue weighted by molar-refractivity contribution is -0.319. The molecule has 0 bridgehead atoms. The van der Waals surface area contributed by atoms with Crippen LogP contribution in [0.15, 0.2) is 0 Å². The van der Waals surface area contributed by atoms with Crippen molar-refractivity contribution >= 4 is 17.7 Å². The number of esters is 2. The summed E-state index contributed by atoms with van der Waals surface area (Å²) in [5.74, 6) is -5.59. The molecule has 3 heterocycles. The van der Waals surface area contributed by atoms with Gasteiger partial charge in [0.15, 0.2) is 18.7 Å². The number of methoxy groups -OCH3 is 1. The fourth-order valence-corrected chi connectivity index (χ4v) is 8.76. The standard InChI is InChI=1S/C40H71NO14/c1-15-27-40(11,48)33(44)22(5)30(43)20(3)18-38(9,47)35(55-37-32(53-28(42)16-2)26(41(12)13)17-21(4)50-37)23(6)31(24(7)36(46)52-27)54-29-19-39(10,49-14)34(45)25(8)51-29/h20-27,29,31-35,37,44-45,47-48H,15-19H2,1-14H3/t20-,21-,22+,23-,24-,25-,26+,27-,29-,31+,32+,33-,34-,35-,37+,38+,39+,40+/m1/s1. The lowest BCUT2D eigenvalue weighted by Crippen LogP contribution is -2.61. The van der Waals surface area contributed by atoms with E-state index in [2.05, 4.69) is 0 Å². The van der Waals surface area contributed by atoms with Crippen LogP contribution in [0.2, 0.25) is 0 Å². The van der Waals surface area contributed by atoms with E-state index in [0.717, 1.165) is 0 Å². The van der Waals surface area contributed by atoms with E-state index in [9.17, 15) is 34.8 Å². The minimum absolute atomic E-state index is 0.0760. The zero-order valence-electron chi connectivity index (χ0n) is 35.5. The molecule has 0 saturated carbocycles. The summed E-state index contributed by atoms with van der Waals surface area (Å²) in [4.78, 5) is 42.9. The highest BCUT2D eigenvalue weighted by atomic mass is 16.7. The molecule has 3 fully saturated rings. The lowest BCUT2D eigenvalue weighted by atomic mass is 9.74. The van der Waals surface area contributed by atoms with E-state index in [0.29, 0.717) is 6.42 Å². The van der Waals surface area contributed by atoms with Gasteiger partial charge in [-0.25, -0.2) is 0 Å². The SMILES string of the molecule is CCC(=O)O[C@@H]1[C@H](O[C@@H]2[C@H](C)[C@H](O[C@@H]3C[C@](C)(OC)[C@H](O)[C@@H](C)O3)[C@@H](C)C(=O)O[C@H](CC)[C@](C)(O)[C@H](O)[C@@H](C)C(=O)[C@H](C)C[C@]2(C)O)O[C@H](C)C[C@@H]1N(C)C. The third-order valence-electron chi connectivity index (χ3n) is 12.4. The highest BCUT2D eigenvalue weighted by Gasteiger charge is 2.54. The molecule has 3 saturated heterocycles. The summed E-state index contributed by atoms with van der Waals surface area (Å²) >= 11 is 0. The van der Waals surface area contributed by atoms with E-state index in [1.807, 2.05) is 25.9 Å². The number of hydrogen-bond acceptors (Lipinski definition) is 15. The minimum atomic E-state index is -2.01. The second kappa shape index (κ2) is 18.9. The topological polar surface area (TPSA) is 200 Å². The van der Waals surface area contributed by atoms with Gasteiger partial charge in [-0.3, -0.25) is 14.4 Å². The van der Waals surface area contributed by atoms with Gasteiger partial charge in [0.05, 0.1) is 53.7 Å². The number of ether oxygens (including phenoxy) is 7. The largest absolute Gasteiger partial charge is 0.459 e. The molecule has 3 aliphatic heterocycles. The van der Waals surface area contributed by atoms with Crippen molar-refractivity contribution < 1.29 is 68.0 Å². The first kappa shape index (κ1) is 47.6. The van der Waals surface area contributed by atoms with Crippen molar-refractivity contribution in [2.45, 2.75) is 193 Å². The van der Waals surface area contributed by atoms with Gasteiger partial charge in [-0.1, -0.05) is 34.6 Å². The fourth-order valence-electron chi connectivity index (χ4n) is 8.76. The van der Waals surface area contributed by atoms with E-state index in [4.69, 9.17) is 33.2 Å². The maximum absolute atomic E-state index is 14.2. The molecule has 320 valence electrons. The average Bonchev–Trinajstić information content (AvgIpc) is 3.11. The normalized spacial score (nSPS) is 46.9. The van der Waals surface area contributed by atoms with Gasteiger partial charge in [0, 0.05) is 37.7 Å². The van der Waals surface area contributed by atoms with E-state index < -0.39 is 114 Å². The second-order valence-corrected chi connectivity index (χ2v) is 17.3. The molecule has 0 aromatic heterocycles. The molecule has 0 aliphatic carbocycles. The number of aliphatic hydroxyl groups is 4. The monoisotopic (exact) mass is 789 g/mol. The second-order valence-electron chi connectivity index (χ2n) is 17.3. The highest BCUT2D eigenvalue weighted by molar-refractivity contribution is 5.83. The van der Waals surface area contributed by atoms with Gasteiger partial charge >= 0.3 is 11.9 Å². The summed E-state index contributed by atoms with van der Waals surface area (Å²) in [5.41, 5.74) is -4.92. The summed E-state index contributed by atoms with van der Waals surface area (Å²) in [5, 5.41) is 46.6. The molecule has 0 amide bonds. The van der Waals surface area contributed by atoms with Crippen molar-refractivity contribution in [3.63, 3.8) is 0 Å². The van der Waals surface area contributed by atoms with Gasteiger partial charge in [0.25, 0.3) is 0 Å². The van der Waals surface area contributed by atoms with Crippen LogP contribution in [0, 0.1) is 23.7 Å². The number of hydrogen-bond donors (Lipinski definition) is 4. The molecule has 55 heavy (non-hydrogen) atoms. The van der Waals surface area contributed by atoms with Gasteiger partial charge in [0.1, 0.15) is 23.6 Å². The molecular formula is C40H71NO14. The van der Waals surface area contributed by atoms with Crippen molar-refractivity contribution in [3.8, 4) is 0 Å². The zero-order valence-corrected chi connectivity index (χ0v) is 35.5. The van der Waals surface area contributed by atoms with Crippen LogP contribution in [0.1, 0.15) is 108 Å². The first-order chi connectivity index (χ1) is 25.4. The van der Waals surface area contributed by atoms with Crippen molar-refractivity contribution in [1.82, 2.24) is 4.90 Å². The number of ketones is 1. The Bertz CT molecular complexity index is 1290. The number of nitrogens with zero attached hydrogens (tertiary/aromatic N) is 1. The Kier molecular flexibility index (Phi) is 16.3. The molecule has 4 N–H and O–H groups in total. The molecule has 18 atom stereocenters. The van der Waals surface area contributed by atoms with Crippen molar-refractivity contribution in [3.05, 3.63) is 0 Å². The lowest BCUT2D eigenvalue weighted by Gasteiger charge is -2.49. The summed E-state index contributed by atoms with van der Waals surface area (Å²) in [6.45, 7) is 18.0. The first-order valence-electron chi connectivity index (χ1n) is 19.9. The van der Waals surface area contributed by atoms with E-state index in [1.54, 1.807) is 48.5 Å². The fraction of sp³-hybridized carbons (Fsp3) is 0.925. The third-order valence-corrected chi connectivity index (χ3v) is 12.4. The predicted molar refractivity (Wildman–Crippen MR) is 200 cm³/mol. The van der Waals surface area contributed by atoms with Crippen LogP contribution in [0.4, 0.5) is 0 Å². The van der Waals surface area contributed by atoms with Gasteiger partial charge in [-0.05, 0) is 74.9 Å². The van der Waals surface area contributed by atoms with E-state index >= 15 is 0 Å². The van der Waals surface area contributed by atoms with Crippen LogP contribution >= 0.6 is 0 Å². The molecule has 15 nitrogen and oxygen atoms in total. The summed E-state index contributed by atoms with van der Waals surface area (Å²) in [7, 11) is 5.21. The number of carbonyl (C=O) groups excluding carboxylic acids is 3. The van der Waals surface area contributed by atoms with Crippen molar-refractivity contribution in [1.29, 1.82) is 0 Å². The van der Waals surface area contributed by atoms with Crippen LogP contribution in [0.3, 0.4) is 0 Å². The Balaban J connectivity index is 2.24. The van der Waals surface area contributed by atoms with Gasteiger partial charge < -0.3 is 58.5 Å². The summed E-state index contributed by atoms with van der Waals surface area (Å²) < 4.78 is 43.6. The maximum Gasteiger partial charge on any atom is 0.311 e. The number of carbonyl (C=O) groups is 3. The Hall–Kier alpha value is -1.79. The minimum Gasteiger partial charge on any atom is -0.459 e. The van der Waals surface area contributed by atoms with Crippen LogP contribution in [-0.4, -0.2) is 149 Å². The molecule has 3 rings (SSSR count). The zero-order chi connectivity index (χ0) is 42.0. The van der Waals surface area contributed by atoms with Crippen LogP contribution in [-0.2, 0) is 47.5 Å². The predicted octanol–water partition coefficient (Wildman–Crippen LogP) is 2.75. The molecule has 0 radical (unpaired) electrons. The Morgan fingerprint density at radius 3 is 2.05 bits per heavy atom. The smallest absolute Gasteiger partial charge is 0.311 e. The average molecular weight is 790 g/mol. The number of likely N-dealkylation sites (N-methyl/N-ethyl adjacent to an activating group) is 1. The van der Waals surface area contributed by atoms with E-state index in [1.165, 1.54) is 27.9 Å². The Labute approximate surface area is 327 Å². The molecular weight excluding hydrogens is 718 g/mol. The van der Waals surface area contributed by atoms with Crippen LogP contribution in [0.5, 0.6) is 0 Å². The van der Waals surface area contributed by atoms with Crippen molar-refractivity contribution in [2.75, 3.05) is 21.2 Å². The first-order valence-corrected chi connectivity index (χ1v) is 19.9. The number of Topliss-reactive ketones (excluding diaryl/α,β-unsaturated/α-hetero) is 1. The number of aliphatic hydroxyl groups excluding tert-OH is 2. The van der Waals surface area contributed by atoms with Crippen LogP contribution in [0.25, 0.3) is 0 Å². The molecule has 0 aromatic carbocycles. The number of rotatable bonds is 9. The molecule has 0 unspecified atom stereocenters. The highest BCUT2D eigenvalue weighted by Crippen LogP contribution is 2.41. The number of cyclic esters (lactones) is 1. The molecule has 0 spiro atoms. The summed E-state index contributed by atoms with van der Waals surface area (Å²) in [6, 6.07) is -0.319.